The highest BCUT2D eigenvalue weighted by Gasteiger charge is 1.96. The minimum atomic E-state index is 0. The van der Waals surface area contributed by atoms with Crippen LogP contribution < -0.4 is 5.43 Å². The van der Waals surface area contributed by atoms with Gasteiger partial charge >= 0.3 is 0 Å². The molecule has 0 aromatic heterocycles. The molecule has 1 aromatic rings. The Kier molecular flexibility index (Phi) is 2.58. The van der Waals surface area contributed by atoms with E-state index in [1.54, 1.807) is 6.21 Å². The van der Waals surface area contributed by atoms with Gasteiger partial charge in [-0.1, -0.05) is 24.3 Å². The monoisotopic (exact) mass is 164 g/mol. The highest BCUT2D eigenvalue weighted by Crippen LogP contribution is 2.17. The van der Waals surface area contributed by atoms with Gasteiger partial charge in [0.2, 0.25) is 0 Å². The summed E-state index contributed by atoms with van der Waals surface area (Å²) in [5.74, 6) is 0. The number of hydrogen-bond acceptors (Lipinski definition) is 2. The van der Waals surface area contributed by atoms with Crippen molar-refractivity contribution in [2.75, 3.05) is 5.43 Å². The highest BCUT2D eigenvalue weighted by molar-refractivity contribution is 5.83. The maximum absolute atomic E-state index is 3.95. The van der Waals surface area contributed by atoms with Gasteiger partial charge in [-0.2, -0.15) is 5.10 Å². The van der Waals surface area contributed by atoms with Gasteiger partial charge < -0.3 is 0 Å². The quantitative estimate of drug-likeness (QED) is 0.625. The molecule has 1 N–H and O–H groups in total. The van der Waals surface area contributed by atoms with E-state index in [9.17, 15) is 0 Å². The zero-order valence-corrected chi connectivity index (χ0v) is 6.40. The zero-order valence-electron chi connectivity index (χ0n) is 6.40. The number of allylic oxidation sites excluding steroid dienone is 1. The summed E-state index contributed by atoms with van der Waals surface area (Å²) in [6, 6.07) is 8.05. The smallest absolute Gasteiger partial charge is 0.0634 e. The van der Waals surface area contributed by atoms with Crippen LogP contribution in [0.4, 0.5) is 10.4 Å². The van der Waals surface area contributed by atoms with Gasteiger partial charge in [-0.25, -0.2) is 0 Å². The van der Waals surface area contributed by atoms with Crippen molar-refractivity contribution >= 4 is 18.0 Å². The Morgan fingerprint density at radius 2 is 2.00 bits per heavy atom. The van der Waals surface area contributed by atoms with Gasteiger partial charge in [0.1, 0.15) is 0 Å². The third-order valence-corrected chi connectivity index (χ3v) is 1.58. The van der Waals surface area contributed by atoms with Crippen LogP contribution in [-0.4, -0.2) is 6.21 Å². The van der Waals surface area contributed by atoms with Crippen molar-refractivity contribution in [3.05, 3.63) is 35.9 Å². The van der Waals surface area contributed by atoms with Gasteiger partial charge in [-0.15, -0.1) is 0 Å². The first-order valence-electron chi connectivity index (χ1n) is 3.51. The molecule has 1 aliphatic rings. The van der Waals surface area contributed by atoms with Crippen LogP contribution in [0.1, 0.15) is 5.56 Å². The summed E-state index contributed by atoms with van der Waals surface area (Å²) in [6.07, 6.45) is 5.68. The zero-order chi connectivity index (χ0) is 7.52. The Morgan fingerprint density at radius 1 is 1.17 bits per heavy atom. The lowest BCUT2D eigenvalue weighted by Crippen LogP contribution is -1.87. The van der Waals surface area contributed by atoms with Gasteiger partial charge in [0.15, 0.2) is 0 Å². The predicted octanol–water partition coefficient (Wildman–Crippen LogP) is 2.26. The fourth-order valence-corrected chi connectivity index (χ4v) is 1.04. The third kappa shape index (κ3) is 1.50. The van der Waals surface area contributed by atoms with Gasteiger partial charge in [0, 0.05) is 6.21 Å². The molecule has 1 heterocycles. The Labute approximate surface area is 70.0 Å². The van der Waals surface area contributed by atoms with Crippen LogP contribution in [0.25, 0.3) is 6.08 Å². The first kappa shape index (κ1) is 8.46. The number of rotatable bonds is 0. The van der Waals surface area contributed by atoms with Gasteiger partial charge in [0.05, 0.1) is 5.69 Å². The summed E-state index contributed by atoms with van der Waals surface area (Å²) in [5.41, 5.74) is 5.16. The van der Waals surface area contributed by atoms with E-state index in [1.165, 1.54) is 5.56 Å². The summed E-state index contributed by atoms with van der Waals surface area (Å²) >= 11 is 0. The molecule has 1 aromatic carbocycles. The molecule has 0 spiro atoms. The Morgan fingerprint density at radius 3 is 2.92 bits per heavy atom. The van der Waals surface area contributed by atoms with E-state index < -0.39 is 0 Å². The van der Waals surface area contributed by atoms with Crippen molar-refractivity contribution in [3.8, 4) is 0 Å². The van der Waals surface area contributed by atoms with Gasteiger partial charge in [-0.3, -0.25) is 10.1 Å². The minimum Gasteiger partial charge on any atom is -0.278 e. The fraction of sp³-hybridized carbons (Fsp3) is 0. The number of nitrogens with one attached hydrogen (secondary N) is 1. The second kappa shape index (κ2) is 3.67. The van der Waals surface area contributed by atoms with E-state index >= 15 is 0 Å². The second-order valence-electron chi connectivity index (χ2n) is 2.34. The molecule has 0 saturated carbocycles. The Hall–Kier alpha value is -1.64. The number of anilines is 1. The predicted molar refractivity (Wildman–Crippen MR) is 50.1 cm³/mol. The number of nitrogens with zero attached hydrogens (tertiary/aromatic N) is 1. The van der Waals surface area contributed by atoms with Gasteiger partial charge in [-0.05, 0) is 17.7 Å². The number of benzene rings is 1. The molecule has 2 rings (SSSR count). The van der Waals surface area contributed by atoms with Crippen LogP contribution in [0.3, 0.4) is 0 Å². The molecule has 0 aliphatic carbocycles. The molecular weight excluding hydrogens is 155 g/mol. The Balaban J connectivity index is 0.000000720. The average Bonchev–Trinajstić information content (AvgIpc) is 2.28. The summed E-state index contributed by atoms with van der Waals surface area (Å²) in [7, 11) is 0. The first-order valence-corrected chi connectivity index (χ1v) is 3.51. The number of halogens is 1. The standard InChI is InChI=1S/C9H8N2.FH/c1-2-6-9-8(4-1)5-3-7-10-11-9;/h1-7,11H;1H. The molecule has 12 heavy (non-hydrogen) atoms. The minimum absolute atomic E-state index is 0. The molecular formula is C9H9FN2. The van der Waals surface area contributed by atoms with E-state index in [0.29, 0.717) is 0 Å². The molecule has 0 unspecified atom stereocenters. The van der Waals surface area contributed by atoms with E-state index in [1.807, 2.05) is 36.4 Å². The molecule has 2 nitrogen and oxygen atoms in total. The average molecular weight is 164 g/mol. The molecule has 0 bridgehead atoms. The lowest BCUT2D eigenvalue weighted by Gasteiger charge is -2.00. The number of fused-ring (bicyclic) bond motifs is 1. The maximum atomic E-state index is 3.95. The van der Waals surface area contributed by atoms with E-state index in [-0.39, 0.29) is 4.70 Å². The Bertz CT molecular complexity index is 318. The van der Waals surface area contributed by atoms with Crippen molar-refractivity contribution in [2.24, 2.45) is 5.10 Å². The lowest BCUT2D eigenvalue weighted by atomic mass is 10.2. The maximum Gasteiger partial charge on any atom is 0.0634 e. The van der Waals surface area contributed by atoms with E-state index in [4.69, 9.17) is 0 Å². The van der Waals surface area contributed by atoms with Crippen LogP contribution in [0.2, 0.25) is 0 Å². The first-order chi connectivity index (χ1) is 5.47. The number of hydrogen-bond donors (Lipinski definition) is 1. The third-order valence-electron chi connectivity index (χ3n) is 1.58. The van der Waals surface area contributed by atoms with Crippen molar-refractivity contribution in [1.82, 2.24) is 0 Å². The van der Waals surface area contributed by atoms with Crippen molar-refractivity contribution in [3.63, 3.8) is 0 Å². The summed E-state index contributed by atoms with van der Waals surface area (Å²) < 4.78 is 0. The summed E-state index contributed by atoms with van der Waals surface area (Å²) in [5, 5.41) is 3.95. The normalized spacial score (nSPS) is 12.3. The molecule has 0 fully saturated rings. The largest absolute Gasteiger partial charge is 0.278 e. The number of hydrazone groups is 1. The SMILES string of the molecule is C1=Cc2ccccc2NN=C1.F. The van der Waals surface area contributed by atoms with Crippen LogP contribution in [-0.2, 0) is 0 Å². The van der Waals surface area contributed by atoms with E-state index in [0.717, 1.165) is 5.69 Å². The van der Waals surface area contributed by atoms with Crippen LogP contribution in [0.5, 0.6) is 0 Å². The molecule has 0 amide bonds. The van der Waals surface area contributed by atoms with Crippen molar-refractivity contribution in [2.45, 2.75) is 0 Å². The number of para-hydroxylation sites is 1. The molecule has 3 heteroatoms. The van der Waals surface area contributed by atoms with Crippen LogP contribution in [0.15, 0.2) is 35.4 Å². The van der Waals surface area contributed by atoms with Crippen molar-refractivity contribution in [1.29, 1.82) is 0 Å². The molecule has 0 radical (unpaired) electrons. The van der Waals surface area contributed by atoms with E-state index in [2.05, 4.69) is 10.5 Å². The van der Waals surface area contributed by atoms with Gasteiger partial charge in [0.25, 0.3) is 0 Å². The highest BCUT2D eigenvalue weighted by atomic mass is 19.0. The molecule has 0 saturated heterocycles. The molecule has 62 valence electrons. The van der Waals surface area contributed by atoms with Crippen LogP contribution >= 0.6 is 0 Å². The lowest BCUT2D eigenvalue weighted by molar-refractivity contribution is 1.11. The topological polar surface area (TPSA) is 24.4 Å². The van der Waals surface area contributed by atoms with Crippen LogP contribution in [0, 0.1) is 0 Å². The summed E-state index contributed by atoms with van der Waals surface area (Å²) in [4.78, 5) is 0. The van der Waals surface area contributed by atoms with Crippen molar-refractivity contribution < 1.29 is 4.70 Å². The molecule has 1 aliphatic heterocycles. The summed E-state index contributed by atoms with van der Waals surface area (Å²) in [6.45, 7) is 0. The fourth-order valence-electron chi connectivity index (χ4n) is 1.04. The molecule has 0 atom stereocenters. The second-order valence-corrected chi connectivity index (χ2v) is 2.34.